The number of carboxylic acids is 1. The molecule has 0 heterocycles. The summed E-state index contributed by atoms with van der Waals surface area (Å²) in [5.74, 6) is -2.85. The Hall–Kier alpha value is -3.21. The van der Waals surface area contributed by atoms with Gasteiger partial charge < -0.3 is 9.84 Å². The molecule has 1 aliphatic rings. The number of aliphatic carboxylic acids is 1. The zero-order valence-corrected chi connectivity index (χ0v) is 22.0. The molecule has 1 fully saturated rings. The molecule has 0 radical (unpaired) electrons. The van der Waals surface area contributed by atoms with Crippen LogP contribution in [0.15, 0.2) is 59.5 Å². The first kappa shape index (κ1) is 30.3. The number of carbonyl (C=O) groups excluding carboxylic acids is 2. The Morgan fingerprint density at radius 2 is 1.54 bits per heavy atom. The summed E-state index contributed by atoms with van der Waals surface area (Å²) in [6, 6.07) is 12.6. The minimum atomic E-state index is -4.55. The quantitative estimate of drug-likeness (QED) is 0.339. The number of Topliss-reactive ketones (excluding diaryl/α,β-unsaturated/α-hetero) is 1. The van der Waals surface area contributed by atoms with Gasteiger partial charge in [-0.05, 0) is 61.4 Å². The molecule has 0 aliphatic heterocycles. The molecule has 0 saturated heterocycles. The maximum Gasteiger partial charge on any atom is 0.416 e. The van der Waals surface area contributed by atoms with Crippen LogP contribution < -0.4 is 0 Å². The second-order valence-corrected chi connectivity index (χ2v) is 11.9. The summed E-state index contributed by atoms with van der Waals surface area (Å²) in [5.41, 5.74) is -0.0995. The van der Waals surface area contributed by atoms with Crippen LogP contribution in [0.3, 0.4) is 0 Å². The van der Waals surface area contributed by atoms with Crippen molar-refractivity contribution < 1.29 is 45.8 Å². The van der Waals surface area contributed by atoms with E-state index in [1.165, 1.54) is 0 Å². The number of halogens is 3. The second-order valence-electron chi connectivity index (χ2n) is 9.88. The normalized spacial score (nSPS) is 18.7. The van der Waals surface area contributed by atoms with E-state index in [1.807, 2.05) is 18.2 Å². The van der Waals surface area contributed by atoms with Crippen molar-refractivity contribution in [1.82, 2.24) is 0 Å². The topological polar surface area (TPSA) is 115 Å². The van der Waals surface area contributed by atoms with E-state index in [2.05, 4.69) is 0 Å². The number of benzene rings is 2. The van der Waals surface area contributed by atoms with Gasteiger partial charge in [-0.15, -0.1) is 0 Å². The molecule has 1 aliphatic carbocycles. The first-order valence-electron chi connectivity index (χ1n) is 12.7. The summed E-state index contributed by atoms with van der Waals surface area (Å²) < 4.78 is 69.1. The average Bonchev–Trinajstić information content (AvgIpc) is 2.90. The lowest BCUT2D eigenvalue weighted by atomic mass is 9.78. The van der Waals surface area contributed by atoms with Gasteiger partial charge >= 0.3 is 18.1 Å². The average molecular weight is 569 g/mol. The van der Waals surface area contributed by atoms with Crippen molar-refractivity contribution in [3.8, 4) is 0 Å². The number of hydrogen-bond acceptors (Lipinski definition) is 6. The Morgan fingerprint density at radius 3 is 2.10 bits per heavy atom. The lowest BCUT2D eigenvalue weighted by Gasteiger charge is -2.28. The smallest absolute Gasteiger partial charge is 0.416 e. The highest BCUT2D eigenvalue weighted by atomic mass is 32.2. The second kappa shape index (κ2) is 13.2. The van der Waals surface area contributed by atoms with Gasteiger partial charge in [-0.2, -0.15) is 13.2 Å². The molecule has 0 spiro atoms. The molecule has 0 aromatic heterocycles. The molecule has 1 saturated carbocycles. The van der Waals surface area contributed by atoms with Gasteiger partial charge in [-0.1, -0.05) is 30.3 Å². The molecule has 0 amide bonds. The number of ether oxygens (including phenoxy) is 1. The van der Waals surface area contributed by atoms with Gasteiger partial charge in [0.15, 0.2) is 9.84 Å². The van der Waals surface area contributed by atoms with E-state index in [-0.39, 0.29) is 54.1 Å². The van der Waals surface area contributed by atoms with Crippen LogP contribution in [0.5, 0.6) is 0 Å². The molecule has 0 bridgehead atoms. The van der Waals surface area contributed by atoms with E-state index in [4.69, 9.17) is 9.84 Å². The van der Waals surface area contributed by atoms with Gasteiger partial charge in [0.25, 0.3) is 0 Å². The van der Waals surface area contributed by atoms with Crippen LogP contribution in [0, 0.1) is 11.8 Å². The van der Waals surface area contributed by atoms with Crippen molar-refractivity contribution in [3.63, 3.8) is 0 Å². The summed E-state index contributed by atoms with van der Waals surface area (Å²) in [6.07, 6.45) is -3.05. The van der Waals surface area contributed by atoms with E-state index < -0.39 is 39.4 Å². The molecule has 1 N–H and O–H groups in total. The van der Waals surface area contributed by atoms with Crippen LogP contribution in [0.4, 0.5) is 13.2 Å². The lowest BCUT2D eigenvalue weighted by molar-refractivity contribution is -0.148. The van der Waals surface area contributed by atoms with E-state index in [0.717, 1.165) is 29.8 Å². The molecule has 11 heteroatoms. The van der Waals surface area contributed by atoms with Gasteiger partial charge in [0.05, 0.1) is 35.7 Å². The number of esters is 1. The third-order valence-electron chi connectivity index (χ3n) is 7.01. The van der Waals surface area contributed by atoms with Gasteiger partial charge in [0, 0.05) is 18.3 Å². The zero-order chi connectivity index (χ0) is 28.6. The van der Waals surface area contributed by atoms with Gasteiger partial charge in [0.2, 0.25) is 0 Å². The Balaban J connectivity index is 1.55. The first-order chi connectivity index (χ1) is 18.3. The predicted octanol–water partition coefficient (Wildman–Crippen LogP) is 5.44. The molecule has 39 heavy (non-hydrogen) atoms. The molecule has 2 aromatic rings. The fourth-order valence-corrected chi connectivity index (χ4v) is 6.49. The molecular weight excluding hydrogens is 537 g/mol. The minimum absolute atomic E-state index is 0.0190. The van der Waals surface area contributed by atoms with Crippen LogP contribution >= 0.6 is 0 Å². The van der Waals surface area contributed by atoms with Crippen LogP contribution in [-0.4, -0.2) is 43.6 Å². The Bertz CT molecular complexity index is 1230. The SMILES string of the molecule is O=C(O)CCC(=O)OC[C@@H](CC(=O)C1CCC(CS(=O)(=O)c2ccc(C(F)(F)F)cc2)CC1)c1ccccc1. The molecule has 3 rings (SSSR count). The monoisotopic (exact) mass is 568 g/mol. The zero-order valence-electron chi connectivity index (χ0n) is 21.2. The van der Waals surface area contributed by atoms with Crippen molar-refractivity contribution >= 4 is 27.6 Å². The third kappa shape index (κ3) is 9.19. The summed E-state index contributed by atoms with van der Waals surface area (Å²) in [6.45, 7) is -0.0606. The number of ketones is 1. The van der Waals surface area contributed by atoms with E-state index in [9.17, 15) is 36.0 Å². The van der Waals surface area contributed by atoms with Crippen molar-refractivity contribution in [1.29, 1.82) is 0 Å². The highest BCUT2D eigenvalue weighted by molar-refractivity contribution is 7.91. The third-order valence-corrected chi connectivity index (χ3v) is 8.91. The van der Waals surface area contributed by atoms with Crippen molar-refractivity contribution in [2.75, 3.05) is 12.4 Å². The van der Waals surface area contributed by atoms with Crippen LogP contribution in [0.2, 0.25) is 0 Å². The largest absolute Gasteiger partial charge is 0.481 e. The fourth-order valence-electron chi connectivity index (χ4n) is 4.79. The summed E-state index contributed by atoms with van der Waals surface area (Å²) in [4.78, 5) is 35.6. The highest BCUT2D eigenvalue weighted by Gasteiger charge is 2.33. The van der Waals surface area contributed by atoms with Gasteiger partial charge in [-0.25, -0.2) is 8.42 Å². The number of alkyl halides is 3. The molecule has 7 nitrogen and oxygen atoms in total. The van der Waals surface area contributed by atoms with Gasteiger partial charge in [-0.3, -0.25) is 14.4 Å². The van der Waals surface area contributed by atoms with Crippen LogP contribution in [0.1, 0.15) is 62.0 Å². The maximum atomic E-state index is 13.1. The summed E-state index contributed by atoms with van der Waals surface area (Å²) in [7, 11) is -3.78. The fraction of sp³-hybridized carbons (Fsp3) is 0.464. The Morgan fingerprint density at radius 1 is 0.923 bits per heavy atom. The summed E-state index contributed by atoms with van der Waals surface area (Å²) in [5, 5.41) is 8.73. The number of rotatable bonds is 12. The lowest BCUT2D eigenvalue weighted by Crippen LogP contribution is -2.27. The number of sulfone groups is 1. The van der Waals surface area contributed by atoms with Crippen molar-refractivity contribution in [2.45, 2.75) is 61.9 Å². The first-order valence-corrected chi connectivity index (χ1v) is 14.4. The molecule has 1 atom stereocenters. The molecular formula is C28H31F3O7S. The Labute approximate surface area is 225 Å². The highest BCUT2D eigenvalue weighted by Crippen LogP contribution is 2.35. The van der Waals surface area contributed by atoms with Crippen molar-refractivity contribution in [3.05, 3.63) is 65.7 Å². The number of carbonyl (C=O) groups is 3. The van der Waals surface area contributed by atoms with Crippen molar-refractivity contribution in [2.24, 2.45) is 11.8 Å². The Kier molecular flexibility index (Phi) is 10.3. The molecule has 212 valence electrons. The maximum absolute atomic E-state index is 13.1. The summed E-state index contributed by atoms with van der Waals surface area (Å²) >= 11 is 0. The standard InChI is InChI=1S/C28H31F3O7S/c29-28(30,31)23-10-12-24(13-11-23)39(36,37)18-19-6-8-21(9-7-19)25(32)16-22(20-4-2-1-3-5-20)17-38-27(35)15-14-26(33)34/h1-5,10-13,19,21-22H,6-9,14-18H2,(H,33,34)/t19?,21?,22-/m1/s1. The van der Waals surface area contributed by atoms with Crippen LogP contribution in [-0.2, 0) is 35.1 Å². The molecule has 0 unspecified atom stereocenters. The number of carboxylic acid groups (broad SMARTS) is 1. The van der Waals surface area contributed by atoms with E-state index in [0.29, 0.717) is 25.7 Å². The van der Waals surface area contributed by atoms with Gasteiger partial charge in [0.1, 0.15) is 5.78 Å². The molecule has 2 aromatic carbocycles. The van der Waals surface area contributed by atoms with E-state index in [1.54, 1.807) is 12.1 Å². The predicted molar refractivity (Wildman–Crippen MR) is 136 cm³/mol. The minimum Gasteiger partial charge on any atom is -0.481 e. The van der Waals surface area contributed by atoms with Crippen LogP contribution in [0.25, 0.3) is 0 Å². The van der Waals surface area contributed by atoms with E-state index >= 15 is 0 Å². The number of hydrogen-bond donors (Lipinski definition) is 1.